The zero-order valence-electron chi connectivity index (χ0n) is 12.2. The third-order valence-corrected chi connectivity index (χ3v) is 3.59. The average Bonchev–Trinajstić information content (AvgIpc) is 2.52. The molecule has 0 radical (unpaired) electrons. The standard InChI is InChI=1S/C16H14Cl2N2O3/c1-2-23-16(22)20-11-5-3-10(4-6-11)15(21)19-12-7-8-13(17)14(18)9-12/h3-9H,2H2,1H3,(H,19,21)(H,20,22). The summed E-state index contributed by atoms with van der Waals surface area (Å²) >= 11 is 11.7. The van der Waals surface area contributed by atoms with Gasteiger partial charge in [-0.15, -0.1) is 0 Å². The van der Waals surface area contributed by atoms with E-state index < -0.39 is 6.09 Å². The minimum Gasteiger partial charge on any atom is -0.450 e. The van der Waals surface area contributed by atoms with Gasteiger partial charge in [0.25, 0.3) is 5.91 Å². The molecule has 0 aliphatic carbocycles. The van der Waals surface area contributed by atoms with Crippen LogP contribution in [0.4, 0.5) is 16.2 Å². The lowest BCUT2D eigenvalue weighted by Gasteiger charge is -2.08. The van der Waals surface area contributed by atoms with Crippen molar-refractivity contribution < 1.29 is 14.3 Å². The Balaban J connectivity index is 2.02. The number of hydrogen-bond donors (Lipinski definition) is 2. The number of halogens is 2. The Kier molecular flexibility index (Phi) is 5.84. The number of nitrogens with one attached hydrogen (secondary N) is 2. The van der Waals surface area contributed by atoms with E-state index in [1.54, 1.807) is 49.4 Å². The molecule has 23 heavy (non-hydrogen) atoms. The third-order valence-electron chi connectivity index (χ3n) is 2.85. The summed E-state index contributed by atoms with van der Waals surface area (Å²) in [4.78, 5) is 23.4. The van der Waals surface area contributed by atoms with Crippen LogP contribution in [0.15, 0.2) is 42.5 Å². The molecule has 0 saturated carbocycles. The average molecular weight is 353 g/mol. The van der Waals surface area contributed by atoms with Crippen LogP contribution >= 0.6 is 23.2 Å². The second kappa shape index (κ2) is 7.85. The molecule has 0 aliphatic heterocycles. The van der Waals surface area contributed by atoms with Gasteiger partial charge in [0.1, 0.15) is 0 Å². The van der Waals surface area contributed by atoms with Gasteiger partial charge < -0.3 is 10.1 Å². The topological polar surface area (TPSA) is 67.4 Å². The summed E-state index contributed by atoms with van der Waals surface area (Å²) in [5.41, 5.74) is 1.51. The molecule has 0 fully saturated rings. The fraction of sp³-hybridized carbons (Fsp3) is 0.125. The van der Waals surface area contributed by atoms with Crippen LogP contribution in [-0.4, -0.2) is 18.6 Å². The first-order valence-corrected chi connectivity index (χ1v) is 7.55. The minimum absolute atomic E-state index is 0.288. The van der Waals surface area contributed by atoms with Crippen molar-refractivity contribution in [3.63, 3.8) is 0 Å². The molecule has 0 unspecified atom stereocenters. The van der Waals surface area contributed by atoms with E-state index in [9.17, 15) is 9.59 Å². The van der Waals surface area contributed by atoms with Gasteiger partial charge in [0.05, 0.1) is 16.7 Å². The fourth-order valence-electron chi connectivity index (χ4n) is 1.77. The number of ether oxygens (including phenoxy) is 1. The predicted molar refractivity (Wildman–Crippen MR) is 91.5 cm³/mol. The molecule has 2 aromatic rings. The van der Waals surface area contributed by atoms with E-state index in [-0.39, 0.29) is 12.5 Å². The first-order valence-electron chi connectivity index (χ1n) is 6.80. The van der Waals surface area contributed by atoms with Gasteiger partial charge in [-0.05, 0) is 49.4 Å². The van der Waals surface area contributed by atoms with E-state index in [1.165, 1.54) is 0 Å². The van der Waals surface area contributed by atoms with Gasteiger partial charge in [-0.3, -0.25) is 10.1 Å². The molecule has 2 rings (SSSR count). The summed E-state index contributed by atoms with van der Waals surface area (Å²) in [6, 6.07) is 11.2. The van der Waals surface area contributed by atoms with Crippen molar-refractivity contribution >= 4 is 46.6 Å². The summed E-state index contributed by atoms with van der Waals surface area (Å²) in [6.45, 7) is 2.01. The second-order valence-electron chi connectivity index (χ2n) is 4.51. The third kappa shape index (κ3) is 4.87. The highest BCUT2D eigenvalue weighted by Gasteiger charge is 2.08. The molecule has 0 atom stereocenters. The lowest BCUT2D eigenvalue weighted by Crippen LogP contribution is -2.14. The zero-order valence-corrected chi connectivity index (χ0v) is 13.7. The Morgan fingerprint density at radius 2 is 1.61 bits per heavy atom. The fourth-order valence-corrected chi connectivity index (χ4v) is 2.07. The highest BCUT2D eigenvalue weighted by molar-refractivity contribution is 6.42. The first-order chi connectivity index (χ1) is 11.0. The molecule has 7 heteroatoms. The van der Waals surface area contributed by atoms with Gasteiger partial charge in [-0.25, -0.2) is 4.79 Å². The minimum atomic E-state index is -0.541. The van der Waals surface area contributed by atoms with E-state index in [0.29, 0.717) is 27.0 Å². The summed E-state index contributed by atoms with van der Waals surface area (Å²) in [5, 5.41) is 6.04. The molecule has 120 valence electrons. The van der Waals surface area contributed by atoms with Crippen molar-refractivity contribution in [3.8, 4) is 0 Å². The summed E-state index contributed by atoms with van der Waals surface area (Å²) in [7, 11) is 0. The summed E-state index contributed by atoms with van der Waals surface area (Å²) in [6.07, 6.45) is -0.541. The zero-order chi connectivity index (χ0) is 16.8. The van der Waals surface area contributed by atoms with Crippen molar-refractivity contribution in [3.05, 3.63) is 58.1 Å². The Labute approximate surface area is 143 Å². The summed E-state index contributed by atoms with van der Waals surface area (Å²) in [5.74, 6) is -0.300. The lowest BCUT2D eigenvalue weighted by molar-refractivity contribution is 0.102. The number of anilines is 2. The highest BCUT2D eigenvalue weighted by atomic mass is 35.5. The van der Waals surface area contributed by atoms with Gasteiger partial charge in [0.2, 0.25) is 0 Å². The van der Waals surface area contributed by atoms with E-state index in [4.69, 9.17) is 27.9 Å². The number of rotatable bonds is 4. The van der Waals surface area contributed by atoms with E-state index >= 15 is 0 Å². The maximum absolute atomic E-state index is 12.1. The quantitative estimate of drug-likeness (QED) is 0.829. The Morgan fingerprint density at radius 1 is 0.957 bits per heavy atom. The van der Waals surface area contributed by atoms with Gasteiger partial charge in [-0.1, -0.05) is 23.2 Å². The molecule has 0 aliphatic rings. The number of carbonyl (C=O) groups is 2. The van der Waals surface area contributed by atoms with Crippen LogP contribution < -0.4 is 10.6 Å². The van der Waals surface area contributed by atoms with Crippen LogP contribution in [0.3, 0.4) is 0 Å². The van der Waals surface area contributed by atoms with E-state index in [2.05, 4.69) is 10.6 Å². The largest absolute Gasteiger partial charge is 0.450 e. The molecular weight excluding hydrogens is 339 g/mol. The predicted octanol–water partition coefficient (Wildman–Crippen LogP) is 4.81. The van der Waals surface area contributed by atoms with Crippen molar-refractivity contribution in [2.45, 2.75) is 6.92 Å². The van der Waals surface area contributed by atoms with Crippen molar-refractivity contribution in [2.75, 3.05) is 17.2 Å². The van der Waals surface area contributed by atoms with Gasteiger partial charge in [0, 0.05) is 16.9 Å². The molecule has 5 nitrogen and oxygen atoms in total. The van der Waals surface area contributed by atoms with Gasteiger partial charge in [0.15, 0.2) is 0 Å². The number of carbonyl (C=O) groups excluding carboxylic acids is 2. The second-order valence-corrected chi connectivity index (χ2v) is 5.32. The Bertz CT molecular complexity index is 718. The molecule has 0 saturated heterocycles. The Morgan fingerprint density at radius 3 is 2.22 bits per heavy atom. The van der Waals surface area contributed by atoms with E-state index in [1.807, 2.05) is 0 Å². The molecule has 2 N–H and O–H groups in total. The number of amides is 2. The van der Waals surface area contributed by atoms with Crippen LogP contribution in [-0.2, 0) is 4.74 Å². The normalized spacial score (nSPS) is 10.0. The van der Waals surface area contributed by atoms with Crippen molar-refractivity contribution in [1.29, 1.82) is 0 Å². The molecule has 0 heterocycles. The van der Waals surface area contributed by atoms with Crippen molar-refractivity contribution in [1.82, 2.24) is 0 Å². The van der Waals surface area contributed by atoms with Crippen LogP contribution in [0.1, 0.15) is 17.3 Å². The maximum Gasteiger partial charge on any atom is 0.411 e. The Hall–Kier alpha value is -2.24. The molecule has 2 aromatic carbocycles. The van der Waals surface area contributed by atoms with Crippen LogP contribution in [0, 0.1) is 0 Å². The SMILES string of the molecule is CCOC(=O)Nc1ccc(C(=O)Nc2ccc(Cl)c(Cl)c2)cc1. The molecular formula is C16H14Cl2N2O3. The van der Waals surface area contributed by atoms with Crippen LogP contribution in [0.25, 0.3) is 0 Å². The first kappa shape index (κ1) is 17.1. The molecule has 0 spiro atoms. The molecule has 0 bridgehead atoms. The molecule has 0 aromatic heterocycles. The van der Waals surface area contributed by atoms with Gasteiger partial charge in [-0.2, -0.15) is 0 Å². The smallest absolute Gasteiger partial charge is 0.411 e. The summed E-state index contributed by atoms with van der Waals surface area (Å²) < 4.78 is 4.77. The number of hydrogen-bond acceptors (Lipinski definition) is 3. The van der Waals surface area contributed by atoms with Crippen LogP contribution in [0.5, 0.6) is 0 Å². The monoisotopic (exact) mass is 352 g/mol. The van der Waals surface area contributed by atoms with E-state index in [0.717, 1.165) is 0 Å². The number of benzene rings is 2. The molecule has 2 amide bonds. The highest BCUT2D eigenvalue weighted by Crippen LogP contribution is 2.25. The van der Waals surface area contributed by atoms with Crippen LogP contribution in [0.2, 0.25) is 10.0 Å². The maximum atomic E-state index is 12.1. The van der Waals surface area contributed by atoms with Gasteiger partial charge >= 0.3 is 6.09 Å². The lowest BCUT2D eigenvalue weighted by atomic mass is 10.2. The van der Waals surface area contributed by atoms with Crippen molar-refractivity contribution in [2.24, 2.45) is 0 Å².